The van der Waals surface area contributed by atoms with Gasteiger partial charge in [-0.15, -0.1) is 0 Å². The standard InChI is InChI=1S/C24H16FI2NO3/c25-18-9-5-4-8-17(18)23-28-21(24(29)31-23)14-16-12-19(26)22(20(27)13-16)30-11-10-15-6-2-1-3-7-15/h1-9,12-14H,10-11H2/b21-14-. The normalized spacial score (nSPS) is 14.5. The van der Waals surface area contributed by atoms with Gasteiger partial charge in [-0.3, -0.25) is 0 Å². The number of hydrogen-bond acceptors (Lipinski definition) is 4. The molecule has 3 aromatic rings. The second-order valence-electron chi connectivity index (χ2n) is 6.71. The van der Waals surface area contributed by atoms with E-state index in [9.17, 15) is 9.18 Å². The Balaban J connectivity index is 1.52. The van der Waals surface area contributed by atoms with Gasteiger partial charge in [0, 0.05) is 6.42 Å². The van der Waals surface area contributed by atoms with Crippen LogP contribution in [0.5, 0.6) is 5.75 Å². The predicted molar refractivity (Wildman–Crippen MR) is 135 cm³/mol. The first-order chi connectivity index (χ1) is 15.0. The summed E-state index contributed by atoms with van der Waals surface area (Å²) in [6.45, 7) is 0.569. The summed E-state index contributed by atoms with van der Waals surface area (Å²) in [6, 6.07) is 20.1. The van der Waals surface area contributed by atoms with E-state index in [1.165, 1.54) is 17.7 Å². The Morgan fingerprint density at radius 3 is 2.39 bits per heavy atom. The molecule has 3 aromatic carbocycles. The van der Waals surface area contributed by atoms with Gasteiger partial charge >= 0.3 is 5.97 Å². The van der Waals surface area contributed by atoms with Crippen LogP contribution in [0.4, 0.5) is 4.39 Å². The molecule has 0 aliphatic carbocycles. The maximum Gasteiger partial charge on any atom is 0.363 e. The highest BCUT2D eigenvalue weighted by atomic mass is 127. The van der Waals surface area contributed by atoms with Gasteiger partial charge < -0.3 is 9.47 Å². The molecule has 0 amide bonds. The first-order valence-corrected chi connectivity index (χ1v) is 11.6. The first-order valence-electron chi connectivity index (χ1n) is 9.44. The maximum absolute atomic E-state index is 14.0. The third kappa shape index (κ3) is 5.32. The fraction of sp³-hybridized carbons (Fsp3) is 0.0833. The zero-order valence-corrected chi connectivity index (χ0v) is 20.5. The van der Waals surface area contributed by atoms with Crippen molar-refractivity contribution in [2.75, 3.05) is 6.61 Å². The first kappa shape index (κ1) is 21.9. The van der Waals surface area contributed by atoms with Gasteiger partial charge in [-0.1, -0.05) is 42.5 Å². The van der Waals surface area contributed by atoms with Crippen LogP contribution in [0, 0.1) is 13.0 Å². The molecular formula is C24H16FI2NO3. The molecule has 0 unspecified atom stereocenters. The predicted octanol–water partition coefficient (Wildman–Crippen LogP) is 6.00. The topological polar surface area (TPSA) is 47.9 Å². The Bertz CT molecular complexity index is 1170. The van der Waals surface area contributed by atoms with Crippen molar-refractivity contribution in [3.63, 3.8) is 0 Å². The minimum absolute atomic E-state index is 0.0281. The number of carbonyl (C=O) groups is 1. The Kier molecular flexibility index (Phi) is 7.01. The summed E-state index contributed by atoms with van der Waals surface area (Å²) in [5, 5.41) is 0. The lowest BCUT2D eigenvalue weighted by atomic mass is 10.1. The van der Waals surface area contributed by atoms with Gasteiger partial charge in [0.25, 0.3) is 0 Å². The average Bonchev–Trinajstić information content (AvgIpc) is 3.11. The Labute approximate surface area is 206 Å². The minimum Gasteiger partial charge on any atom is -0.491 e. The van der Waals surface area contributed by atoms with Crippen LogP contribution in [0.15, 0.2) is 77.4 Å². The number of aliphatic imine (C=N–C) groups is 1. The fourth-order valence-electron chi connectivity index (χ4n) is 3.03. The van der Waals surface area contributed by atoms with Crippen molar-refractivity contribution < 1.29 is 18.7 Å². The summed E-state index contributed by atoms with van der Waals surface area (Å²) in [4.78, 5) is 16.4. The zero-order valence-electron chi connectivity index (χ0n) is 16.1. The Morgan fingerprint density at radius 2 is 1.68 bits per heavy atom. The van der Waals surface area contributed by atoms with Crippen LogP contribution in [-0.4, -0.2) is 18.5 Å². The van der Waals surface area contributed by atoms with Crippen molar-refractivity contribution in [3.8, 4) is 5.75 Å². The number of nitrogens with zero attached hydrogens (tertiary/aromatic N) is 1. The average molecular weight is 639 g/mol. The van der Waals surface area contributed by atoms with Crippen molar-refractivity contribution in [1.82, 2.24) is 0 Å². The summed E-state index contributed by atoms with van der Waals surface area (Å²) in [6.07, 6.45) is 2.45. The third-order valence-corrected chi connectivity index (χ3v) is 6.13. The van der Waals surface area contributed by atoms with Crippen molar-refractivity contribution in [3.05, 3.63) is 102 Å². The Morgan fingerprint density at radius 1 is 1.00 bits per heavy atom. The van der Waals surface area contributed by atoms with E-state index >= 15 is 0 Å². The lowest BCUT2D eigenvalue weighted by molar-refractivity contribution is -0.129. The van der Waals surface area contributed by atoms with Crippen LogP contribution in [0.3, 0.4) is 0 Å². The number of halogens is 3. The number of rotatable bonds is 6. The third-order valence-electron chi connectivity index (χ3n) is 4.53. The summed E-state index contributed by atoms with van der Waals surface area (Å²) in [5.74, 6) is -0.314. The molecule has 0 radical (unpaired) electrons. The van der Waals surface area contributed by atoms with E-state index in [2.05, 4.69) is 62.3 Å². The zero-order chi connectivity index (χ0) is 21.8. The molecule has 0 aromatic heterocycles. The molecule has 1 heterocycles. The monoisotopic (exact) mass is 639 g/mol. The van der Waals surface area contributed by atoms with Gasteiger partial charge in [0.15, 0.2) is 5.70 Å². The van der Waals surface area contributed by atoms with Crippen LogP contribution in [0.1, 0.15) is 16.7 Å². The van der Waals surface area contributed by atoms with Gasteiger partial charge in [-0.2, -0.15) is 0 Å². The summed E-state index contributed by atoms with van der Waals surface area (Å²) >= 11 is 4.43. The lowest BCUT2D eigenvalue weighted by Gasteiger charge is -2.11. The molecule has 0 saturated heterocycles. The molecule has 7 heteroatoms. The van der Waals surface area contributed by atoms with Crippen LogP contribution in [0.2, 0.25) is 0 Å². The molecule has 1 aliphatic rings. The summed E-state index contributed by atoms with van der Waals surface area (Å²) in [7, 11) is 0. The summed E-state index contributed by atoms with van der Waals surface area (Å²) in [5.41, 5.74) is 2.29. The van der Waals surface area contributed by atoms with Crippen molar-refractivity contribution in [2.24, 2.45) is 4.99 Å². The molecule has 0 saturated carbocycles. The van der Waals surface area contributed by atoms with E-state index in [4.69, 9.17) is 9.47 Å². The van der Waals surface area contributed by atoms with E-state index in [0.29, 0.717) is 6.61 Å². The highest BCUT2D eigenvalue weighted by Crippen LogP contribution is 2.31. The smallest absolute Gasteiger partial charge is 0.363 e. The number of ether oxygens (including phenoxy) is 2. The molecule has 4 nitrogen and oxygen atoms in total. The molecule has 0 bridgehead atoms. The summed E-state index contributed by atoms with van der Waals surface area (Å²) < 4.78 is 27.0. The fourth-order valence-corrected chi connectivity index (χ4v) is 5.16. The molecule has 0 fully saturated rings. The van der Waals surface area contributed by atoms with E-state index in [1.807, 2.05) is 30.3 Å². The second kappa shape index (κ2) is 9.90. The second-order valence-corrected chi connectivity index (χ2v) is 9.04. The highest BCUT2D eigenvalue weighted by molar-refractivity contribution is 14.1. The van der Waals surface area contributed by atoms with Crippen LogP contribution >= 0.6 is 45.2 Å². The number of hydrogen-bond donors (Lipinski definition) is 0. The maximum atomic E-state index is 14.0. The van der Waals surface area contributed by atoms with Crippen molar-refractivity contribution >= 4 is 63.1 Å². The SMILES string of the molecule is O=C1OC(c2ccccc2F)=N/C1=C\c1cc(I)c(OCCc2ccccc2)c(I)c1. The van der Waals surface area contributed by atoms with Crippen LogP contribution < -0.4 is 4.74 Å². The molecule has 156 valence electrons. The van der Waals surface area contributed by atoms with Crippen LogP contribution in [-0.2, 0) is 16.0 Å². The molecule has 0 N–H and O–H groups in total. The van der Waals surface area contributed by atoms with E-state index in [-0.39, 0.29) is 17.2 Å². The Hall–Kier alpha value is -2.27. The number of benzene rings is 3. The van der Waals surface area contributed by atoms with Gasteiger partial charge in [-0.05, 0) is 86.7 Å². The molecule has 4 rings (SSSR count). The van der Waals surface area contributed by atoms with E-state index in [0.717, 1.165) is 24.9 Å². The minimum atomic E-state index is -0.605. The van der Waals surface area contributed by atoms with E-state index in [1.54, 1.807) is 18.2 Å². The molecule has 31 heavy (non-hydrogen) atoms. The molecule has 1 aliphatic heterocycles. The number of cyclic esters (lactones) is 1. The van der Waals surface area contributed by atoms with Gasteiger partial charge in [0.1, 0.15) is 11.6 Å². The van der Waals surface area contributed by atoms with E-state index < -0.39 is 11.8 Å². The van der Waals surface area contributed by atoms with Gasteiger partial charge in [0.05, 0.1) is 19.3 Å². The van der Waals surface area contributed by atoms with Crippen molar-refractivity contribution in [1.29, 1.82) is 0 Å². The lowest BCUT2D eigenvalue weighted by Crippen LogP contribution is -2.07. The molecule has 0 atom stereocenters. The number of carbonyl (C=O) groups excluding carboxylic acids is 1. The molecular weight excluding hydrogens is 623 g/mol. The van der Waals surface area contributed by atoms with Gasteiger partial charge in [-0.25, -0.2) is 14.2 Å². The highest BCUT2D eigenvalue weighted by Gasteiger charge is 2.26. The largest absolute Gasteiger partial charge is 0.491 e. The molecule has 0 spiro atoms. The van der Waals surface area contributed by atoms with Crippen LogP contribution in [0.25, 0.3) is 6.08 Å². The quantitative estimate of drug-likeness (QED) is 0.189. The number of esters is 1. The van der Waals surface area contributed by atoms with Crippen molar-refractivity contribution in [2.45, 2.75) is 6.42 Å². The van der Waals surface area contributed by atoms with Gasteiger partial charge in [0.2, 0.25) is 5.90 Å².